The first-order valence-electron chi connectivity index (χ1n) is 8.06. The third-order valence-corrected chi connectivity index (χ3v) is 4.28. The molecule has 0 radical (unpaired) electrons. The lowest BCUT2D eigenvalue weighted by Gasteiger charge is -2.06. The van der Waals surface area contributed by atoms with E-state index < -0.39 is 24.3 Å². The van der Waals surface area contributed by atoms with Gasteiger partial charge in [0, 0.05) is 11.9 Å². The summed E-state index contributed by atoms with van der Waals surface area (Å²) in [7, 11) is 0. The van der Waals surface area contributed by atoms with Crippen molar-refractivity contribution in [3.8, 4) is 0 Å². The van der Waals surface area contributed by atoms with E-state index in [-0.39, 0.29) is 11.4 Å². The predicted octanol–water partition coefficient (Wildman–Crippen LogP) is 3.69. The zero-order valence-corrected chi connectivity index (χ0v) is 15.0. The highest BCUT2D eigenvalue weighted by molar-refractivity contribution is 7.13. The van der Waals surface area contributed by atoms with Gasteiger partial charge >= 0.3 is 5.97 Å². The summed E-state index contributed by atoms with van der Waals surface area (Å²) in [5, 5.41) is 7.58. The molecule has 0 unspecified atom stereocenters. The van der Waals surface area contributed by atoms with Gasteiger partial charge in [-0.25, -0.2) is 14.2 Å². The average Bonchev–Trinajstić information content (AvgIpc) is 3.16. The van der Waals surface area contributed by atoms with Gasteiger partial charge in [0.2, 0.25) is 0 Å². The van der Waals surface area contributed by atoms with Gasteiger partial charge in [0.25, 0.3) is 5.91 Å². The summed E-state index contributed by atoms with van der Waals surface area (Å²) in [5.74, 6) is -1.92. The van der Waals surface area contributed by atoms with Crippen LogP contribution in [0.5, 0.6) is 0 Å². The van der Waals surface area contributed by atoms with Crippen LogP contribution in [-0.2, 0) is 16.1 Å². The number of aromatic nitrogens is 1. The van der Waals surface area contributed by atoms with E-state index in [9.17, 15) is 14.0 Å². The third-order valence-electron chi connectivity index (χ3n) is 3.48. The standard InChI is InChI=1S/C19H16FN3O3S/c20-14-8-4-5-9-15(14)22-17(24)11-26-18(25)16-12-27-19(23-16)21-10-13-6-2-1-3-7-13/h1-9,12H,10-11H2,(H,21,23)(H,22,24). The Morgan fingerprint density at radius 2 is 1.81 bits per heavy atom. The Kier molecular flexibility index (Phi) is 6.11. The Balaban J connectivity index is 1.47. The third kappa shape index (κ3) is 5.35. The lowest BCUT2D eigenvalue weighted by atomic mass is 10.2. The molecule has 2 N–H and O–H groups in total. The number of nitrogens with one attached hydrogen (secondary N) is 2. The molecule has 0 aliphatic heterocycles. The molecule has 8 heteroatoms. The maximum Gasteiger partial charge on any atom is 0.358 e. The lowest BCUT2D eigenvalue weighted by Crippen LogP contribution is -2.21. The van der Waals surface area contributed by atoms with Crippen molar-refractivity contribution >= 4 is 34.0 Å². The van der Waals surface area contributed by atoms with E-state index in [0.29, 0.717) is 11.7 Å². The number of hydrogen-bond acceptors (Lipinski definition) is 6. The monoisotopic (exact) mass is 385 g/mol. The fraction of sp³-hybridized carbons (Fsp3) is 0.105. The minimum absolute atomic E-state index is 0.0274. The van der Waals surface area contributed by atoms with E-state index in [4.69, 9.17) is 4.74 Å². The molecule has 138 valence electrons. The number of anilines is 2. The number of nitrogens with zero attached hydrogens (tertiary/aromatic N) is 1. The second kappa shape index (κ2) is 8.91. The van der Waals surface area contributed by atoms with Crippen molar-refractivity contribution in [3.63, 3.8) is 0 Å². The van der Waals surface area contributed by atoms with Gasteiger partial charge in [-0.3, -0.25) is 4.79 Å². The molecule has 0 fully saturated rings. The van der Waals surface area contributed by atoms with Crippen molar-refractivity contribution in [2.45, 2.75) is 6.54 Å². The lowest BCUT2D eigenvalue weighted by molar-refractivity contribution is -0.119. The van der Waals surface area contributed by atoms with Crippen LogP contribution in [0.3, 0.4) is 0 Å². The Morgan fingerprint density at radius 1 is 1.07 bits per heavy atom. The van der Waals surface area contributed by atoms with Gasteiger partial charge in [0.05, 0.1) is 5.69 Å². The fourth-order valence-electron chi connectivity index (χ4n) is 2.18. The average molecular weight is 385 g/mol. The summed E-state index contributed by atoms with van der Waals surface area (Å²) in [6.45, 7) is 0.0470. The molecule has 2 aromatic carbocycles. The van der Waals surface area contributed by atoms with Crippen LogP contribution in [0, 0.1) is 5.82 Å². The van der Waals surface area contributed by atoms with E-state index in [1.165, 1.54) is 29.5 Å². The molecule has 6 nitrogen and oxygen atoms in total. The molecule has 0 saturated heterocycles. The second-order valence-corrected chi connectivity index (χ2v) is 6.34. The van der Waals surface area contributed by atoms with Gasteiger partial charge in [-0.1, -0.05) is 42.5 Å². The summed E-state index contributed by atoms with van der Waals surface area (Å²) in [4.78, 5) is 27.9. The van der Waals surface area contributed by atoms with E-state index in [2.05, 4.69) is 15.6 Å². The zero-order chi connectivity index (χ0) is 19.1. The predicted molar refractivity (Wildman–Crippen MR) is 101 cm³/mol. The molecule has 0 atom stereocenters. The molecule has 1 amide bonds. The molecular weight excluding hydrogens is 369 g/mol. The minimum atomic E-state index is -0.720. The Labute approximate surface area is 159 Å². The largest absolute Gasteiger partial charge is 0.451 e. The summed E-state index contributed by atoms with van der Waals surface area (Å²) in [5.41, 5.74) is 1.22. The van der Waals surface area contributed by atoms with Crippen LogP contribution in [-0.4, -0.2) is 23.5 Å². The SMILES string of the molecule is O=C(COC(=O)c1csc(NCc2ccccc2)n1)Nc1ccccc1F. The van der Waals surface area contributed by atoms with Gasteiger partial charge in [-0.15, -0.1) is 11.3 Å². The van der Waals surface area contributed by atoms with Gasteiger partial charge < -0.3 is 15.4 Å². The number of benzene rings is 2. The molecule has 3 aromatic rings. The zero-order valence-electron chi connectivity index (χ0n) is 14.1. The van der Waals surface area contributed by atoms with Crippen molar-refractivity contribution in [2.24, 2.45) is 0 Å². The number of carbonyl (C=O) groups is 2. The van der Waals surface area contributed by atoms with Gasteiger partial charge in [0.15, 0.2) is 17.4 Å². The van der Waals surface area contributed by atoms with Crippen molar-refractivity contribution in [1.82, 2.24) is 4.98 Å². The second-order valence-electron chi connectivity index (χ2n) is 5.48. The number of para-hydroxylation sites is 1. The van der Waals surface area contributed by atoms with Crippen LogP contribution in [0.1, 0.15) is 16.1 Å². The first-order chi connectivity index (χ1) is 13.1. The Morgan fingerprint density at radius 3 is 2.59 bits per heavy atom. The normalized spacial score (nSPS) is 10.3. The highest BCUT2D eigenvalue weighted by Gasteiger charge is 2.15. The smallest absolute Gasteiger partial charge is 0.358 e. The molecule has 0 aliphatic rings. The molecule has 1 heterocycles. The first kappa shape index (κ1) is 18.5. The van der Waals surface area contributed by atoms with Gasteiger partial charge in [-0.2, -0.15) is 0 Å². The number of amides is 1. The van der Waals surface area contributed by atoms with E-state index in [1.807, 2.05) is 30.3 Å². The molecule has 27 heavy (non-hydrogen) atoms. The number of rotatable bonds is 7. The molecule has 0 aliphatic carbocycles. The maximum atomic E-state index is 13.5. The molecule has 0 bridgehead atoms. The quantitative estimate of drug-likeness (QED) is 0.607. The number of halogens is 1. The van der Waals surface area contributed by atoms with Crippen LogP contribution in [0.2, 0.25) is 0 Å². The number of ether oxygens (including phenoxy) is 1. The minimum Gasteiger partial charge on any atom is -0.451 e. The van der Waals surface area contributed by atoms with Crippen molar-refractivity contribution in [3.05, 3.63) is 77.1 Å². The Bertz CT molecular complexity index is 931. The number of hydrogen-bond donors (Lipinski definition) is 2. The van der Waals surface area contributed by atoms with Crippen LogP contribution in [0.4, 0.5) is 15.2 Å². The summed E-state index contributed by atoms with van der Waals surface area (Å²) >= 11 is 1.26. The number of thiazole rings is 1. The summed E-state index contributed by atoms with van der Waals surface area (Å²) in [6.07, 6.45) is 0. The summed E-state index contributed by atoms with van der Waals surface area (Å²) < 4.78 is 18.4. The van der Waals surface area contributed by atoms with Crippen molar-refractivity contribution in [1.29, 1.82) is 0 Å². The van der Waals surface area contributed by atoms with Crippen LogP contribution in [0.15, 0.2) is 60.0 Å². The first-order valence-corrected chi connectivity index (χ1v) is 8.94. The van der Waals surface area contributed by atoms with E-state index >= 15 is 0 Å². The molecular formula is C19H16FN3O3S. The van der Waals surface area contributed by atoms with E-state index in [0.717, 1.165) is 5.56 Å². The van der Waals surface area contributed by atoms with Crippen LogP contribution >= 0.6 is 11.3 Å². The highest BCUT2D eigenvalue weighted by Crippen LogP contribution is 2.17. The van der Waals surface area contributed by atoms with Gasteiger partial charge in [0.1, 0.15) is 5.82 Å². The fourth-order valence-corrected chi connectivity index (χ4v) is 2.85. The summed E-state index contributed by atoms with van der Waals surface area (Å²) in [6, 6.07) is 15.5. The Hall–Kier alpha value is -3.26. The topological polar surface area (TPSA) is 80.3 Å². The van der Waals surface area contributed by atoms with Crippen molar-refractivity contribution in [2.75, 3.05) is 17.2 Å². The maximum absolute atomic E-state index is 13.5. The highest BCUT2D eigenvalue weighted by atomic mass is 32.1. The molecule has 1 aromatic heterocycles. The number of carbonyl (C=O) groups excluding carboxylic acids is 2. The van der Waals surface area contributed by atoms with Gasteiger partial charge in [-0.05, 0) is 17.7 Å². The van der Waals surface area contributed by atoms with Crippen LogP contribution < -0.4 is 10.6 Å². The molecule has 0 saturated carbocycles. The van der Waals surface area contributed by atoms with Crippen molar-refractivity contribution < 1.29 is 18.7 Å². The molecule has 3 rings (SSSR count). The number of esters is 1. The molecule has 0 spiro atoms. The van der Waals surface area contributed by atoms with Crippen LogP contribution in [0.25, 0.3) is 0 Å². The van der Waals surface area contributed by atoms with E-state index in [1.54, 1.807) is 11.4 Å².